The number of carbonyl (C=O) groups is 1. The van der Waals surface area contributed by atoms with Crippen LogP contribution in [0.15, 0.2) is 36.5 Å². The third kappa shape index (κ3) is 1.61. The van der Waals surface area contributed by atoms with Crippen LogP contribution in [-0.2, 0) is 7.05 Å². The zero-order valence-electron chi connectivity index (χ0n) is 8.34. The van der Waals surface area contributed by atoms with Crippen molar-refractivity contribution in [3.05, 3.63) is 42.1 Å². The van der Waals surface area contributed by atoms with Crippen LogP contribution in [0, 0.1) is 0 Å². The molecular formula is C11H11N3O. The first-order valence-corrected chi connectivity index (χ1v) is 4.57. The summed E-state index contributed by atoms with van der Waals surface area (Å²) in [5.41, 5.74) is 7.41. The van der Waals surface area contributed by atoms with E-state index >= 15 is 0 Å². The molecule has 1 amide bonds. The first-order chi connectivity index (χ1) is 7.20. The fourth-order valence-electron chi connectivity index (χ4n) is 1.56. The van der Waals surface area contributed by atoms with E-state index in [4.69, 9.17) is 5.73 Å². The lowest BCUT2D eigenvalue weighted by atomic mass is 10.1. The molecule has 76 valence electrons. The van der Waals surface area contributed by atoms with Gasteiger partial charge in [-0.1, -0.05) is 30.3 Å². The molecule has 2 aromatic rings. The van der Waals surface area contributed by atoms with Gasteiger partial charge in [-0.25, -0.2) is 0 Å². The summed E-state index contributed by atoms with van der Waals surface area (Å²) in [6.45, 7) is 0. The number of benzene rings is 1. The number of amides is 1. The van der Waals surface area contributed by atoms with Crippen molar-refractivity contribution in [2.45, 2.75) is 0 Å². The molecule has 1 aromatic carbocycles. The fourth-order valence-corrected chi connectivity index (χ4v) is 1.56. The van der Waals surface area contributed by atoms with E-state index in [-0.39, 0.29) is 0 Å². The molecule has 0 aliphatic heterocycles. The number of aryl methyl sites for hydroxylation is 1. The molecule has 0 radical (unpaired) electrons. The topological polar surface area (TPSA) is 60.9 Å². The number of hydrogen-bond donors (Lipinski definition) is 1. The van der Waals surface area contributed by atoms with Gasteiger partial charge in [0, 0.05) is 12.6 Å². The van der Waals surface area contributed by atoms with E-state index in [1.807, 2.05) is 30.3 Å². The van der Waals surface area contributed by atoms with Crippen LogP contribution in [0.2, 0.25) is 0 Å². The zero-order chi connectivity index (χ0) is 10.8. The smallest absolute Gasteiger partial charge is 0.252 e. The fraction of sp³-hybridized carbons (Fsp3) is 0.0909. The number of primary amides is 1. The van der Waals surface area contributed by atoms with Crippen molar-refractivity contribution in [3.8, 4) is 11.3 Å². The van der Waals surface area contributed by atoms with Crippen LogP contribution >= 0.6 is 0 Å². The summed E-state index contributed by atoms with van der Waals surface area (Å²) >= 11 is 0. The third-order valence-electron chi connectivity index (χ3n) is 2.25. The highest BCUT2D eigenvalue weighted by Gasteiger charge is 2.14. The molecule has 0 atom stereocenters. The van der Waals surface area contributed by atoms with Crippen LogP contribution in [0.3, 0.4) is 0 Å². The van der Waals surface area contributed by atoms with Crippen LogP contribution in [-0.4, -0.2) is 15.7 Å². The number of hydrogen-bond acceptors (Lipinski definition) is 2. The van der Waals surface area contributed by atoms with Gasteiger partial charge in [-0.2, -0.15) is 5.10 Å². The van der Waals surface area contributed by atoms with Crippen molar-refractivity contribution >= 4 is 5.91 Å². The highest BCUT2D eigenvalue weighted by Crippen LogP contribution is 2.21. The Hall–Kier alpha value is -2.10. The van der Waals surface area contributed by atoms with E-state index in [2.05, 4.69) is 5.10 Å². The Morgan fingerprint density at radius 3 is 2.60 bits per heavy atom. The maximum absolute atomic E-state index is 11.2. The number of rotatable bonds is 2. The second-order valence-electron chi connectivity index (χ2n) is 3.26. The molecule has 0 unspecified atom stereocenters. The quantitative estimate of drug-likeness (QED) is 0.793. The van der Waals surface area contributed by atoms with Crippen molar-refractivity contribution in [1.29, 1.82) is 0 Å². The minimum absolute atomic E-state index is 0.448. The van der Waals surface area contributed by atoms with E-state index in [1.165, 1.54) is 6.20 Å². The summed E-state index contributed by atoms with van der Waals surface area (Å²) in [4.78, 5) is 11.2. The molecule has 0 saturated heterocycles. The Morgan fingerprint density at radius 1 is 1.33 bits per heavy atom. The Labute approximate surface area is 87.3 Å². The van der Waals surface area contributed by atoms with Crippen LogP contribution < -0.4 is 5.73 Å². The van der Waals surface area contributed by atoms with E-state index in [0.29, 0.717) is 5.56 Å². The lowest BCUT2D eigenvalue weighted by Gasteiger charge is -2.03. The molecule has 0 aliphatic carbocycles. The minimum atomic E-state index is -0.457. The molecule has 1 heterocycles. The number of carbonyl (C=O) groups excluding carboxylic acids is 1. The van der Waals surface area contributed by atoms with E-state index in [0.717, 1.165) is 11.3 Å². The number of aromatic nitrogens is 2. The van der Waals surface area contributed by atoms with Gasteiger partial charge < -0.3 is 5.73 Å². The standard InChI is InChI=1S/C11H11N3O/c1-14-10(8-5-3-2-4-6-8)9(7-13-14)11(12)15/h2-7H,1H3,(H2,12,15). The maximum Gasteiger partial charge on any atom is 0.252 e. The molecule has 0 aliphatic rings. The van der Waals surface area contributed by atoms with E-state index in [9.17, 15) is 4.79 Å². The normalized spacial score (nSPS) is 10.2. The lowest BCUT2D eigenvalue weighted by molar-refractivity contribution is 0.100. The van der Waals surface area contributed by atoms with Gasteiger partial charge in [-0.3, -0.25) is 9.48 Å². The third-order valence-corrected chi connectivity index (χ3v) is 2.25. The predicted octanol–water partition coefficient (Wildman–Crippen LogP) is 1.19. The molecule has 0 bridgehead atoms. The molecule has 4 nitrogen and oxygen atoms in total. The van der Waals surface area contributed by atoms with Gasteiger partial charge in [-0.15, -0.1) is 0 Å². The van der Waals surface area contributed by atoms with Gasteiger partial charge in [-0.05, 0) is 0 Å². The minimum Gasteiger partial charge on any atom is -0.365 e. The molecule has 2 N–H and O–H groups in total. The Balaban J connectivity index is 2.62. The van der Waals surface area contributed by atoms with Crippen molar-refractivity contribution in [2.24, 2.45) is 12.8 Å². The monoisotopic (exact) mass is 201 g/mol. The summed E-state index contributed by atoms with van der Waals surface area (Å²) in [5.74, 6) is -0.457. The van der Waals surface area contributed by atoms with Gasteiger partial charge >= 0.3 is 0 Å². The number of nitrogens with two attached hydrogens (primary N) is 1. The van der Waals surface area contributed by atoms with Gasteiger partial charge in [0.2, 0.25) is 0 Å². The van der Waals surface area contributed by atoms with Crippen molar-refractivity contribution < 1.29 is 4.79 Å². The SMILES string of the molecule is Cn1ncc(C(N)=O)c1-c1ccccc1. The summed E-state index contributed by atoms with van der Waals surface area (Å²) in [6.07, 6.45) is 1.49. The summed E-state index contributed by atoms with van der Waals surface area (Å²) in [5, 5.41) is 4.03. The van der Waals surface area contributed by atoms with Crippen molar-refractivity contribution in [1.82, 2.24) is 9.78 Å². The summed E-state index contributed by atoms with van der Waals surface area (Å²) in [7, 11) is 1.79. The van der Waals surface area contributed by atoms with Crippen LogP contribution in [0.4, 0.5) is 0 Å². The van der Waals surface area contributed by atoms with Crippen LogP contribution in [0.25, 0.3) is 11.3 Å². The highest BCUT2D eigenvalue weighted by molar-refractivity contribution is 5.98. The Morgan fingerprint density at radius 2 is 2.00 bits per heavy atom. The van der Waals surface area contributed by atoms with Crippen molar-refractivity contribution in [2.75, 3.05) is 0 Å². The largest absolute Gasteiger partial charge is 0.365 e. The summed E-state index contributed by atoms with van der Waals surface area (Å²) < 4.78 is 1.65. The second kappa shape index (κ2) is 3.57. The second-order valence-corrected chi connectivity index (χ2v) is 3.26. The van der Waals surface area contributed by atoms with Gasteiger partial charge in [0.1, 0.15) is 0 Å². The molecule has 0 saturated carbocycles. The molecular weight excluding hydrogens is 190 g/mol. The first kappa shape index (κ1) is 9.45. The lowest BCUT2D eigenvalue weighted by Crippen LogP contribution is -2.11. The molecule has 2 rings (SSSR count). The molecule has 0 spiro atoms. The van der Waals surface area contributed by atoms with E-state index < -0.39 is 5.91 Å². The number of nitrogens with zero attached hydrogens (tertiary/aromatic N) is 2. The van der Waals surface area contributed by atoms with Gasteiger partial charge in [0.25, 0.3) is 5.91 Å². The average Bonchev–Trinajstić information content (AvgIpc) is 2.61. The molecule has 15 heavy (non-hydrogen) atoms. The van der Waals surface area contributed by atoms with Crippen molar-refractivity contribution in [3.63, 3.8) is 0 Å². The molecule has 4 heteroatoms. The Kier molecular flexibility index (Phi) is 2.25. The predicted molar refractivity (Wildman–Crippen MR) is 57.2 cm³/mol. The van der Waals surface area contributed by atoms with Crippen LogP contribution in [0.5, 0.6) is 0 Å². The highest BCUT2D eigenvalue weighted by atomic mass is 16.1. The summed E-state index contributed by atoms with van der Waals surface area (Å²) in [6, 6.07) is 9.58. The molecule has 0 fully saturated rings. The average molecular weight is 201 g/mol. The van der Waals surface area contributed by atoms with Crippen LogP contribution in [0.1, 0.15) is 10.4 Å². The first-order valence-electron chi connectivity index (χ1n) is 4.57. The van der Waals surface area contributed by atoms with E-state index in [1.54, 1.807) is 11.7 Å². The van der Waals surface area contributed by atoms with Gasteiger partial charge in [0.15, 0.2) is 0 Å². The maximum atomic E-state index is 11.2. The zero-order valence-corrected chi connectivity index (χ0v) is 8.34. The molecule has 1 aromatic heterocycles. The Bertz CT molecular complexity index is 488. The van der Waals surface area contributed by atoms with Gasteiger partial charge in [0.05, 0.1) is 17.5 Å².